The second kappa shape index (κ2) is 20.8. The number of nitrogens with zero attached hydrogens (tertiary/aromatic N) is 1. The van der Waals surface area contributed by atoms with Crippen LogP contribution in [0.1, 0.15) is 55.8 Å². The standard InChI is InChI=1S/C32H12BF24.C18H15NO2/c34-25(35,36)13-1-14(26(37,38)39)6-21(5-13)33(22-7-15(27(40,41)42)2-16(8-22)28(43,44)45,23-9-17(29(46,47)48)3-18(10-23)30(49,50)51)24-11-19(31(52,53)54)4-20(12-24)32(55,56)57;20-18(21)12-16-11-10-15-8-4-5-9-17(15)19(16)13-14-6-2-1-3-7-14/h1-12H;1-11H,12-13H2/q-1;/p+1. The maximum absolute atomic E-state index is 14.2. The molecule has 0 amide bonds. The van der Waals surface area contributed by atoms with Gasteiger partial charge in [-0.05, 0) is 36.4 Å². The smallest absolute Gasteiger partial charge is 0.416 e. The van der Waals surface area contributed by atoms with Crippen LogP contribution >= 0.6 is 0 Å². The predicted octanol–water partition coefficient (Wildman–Crippen LogP) is 14.0. The summed E-state index contributed by atoms with van der Waals surface area (Å²) < 4.78 is 343. The molecule has 28 heteroatoms. The van der Waals surface area contributed by atoms with Gasteiger partial charge in [0.05, 0.1) is 44.5 Å². The highest BCUT2D eigenvalue weighted by Gasteiger charge is 2.47. The van der Waals surface area contributed by atoms with E-state index >= 15 is 0 Å². The van der Waals surface area contributed by atoms with Crippen molar-refractivity contribution in [3.05, 3.63) is 195 Å². The van der Waals surface area contributed by atoms with Crippen LogP contribution in [0.3, 0.4) is 0 Å². The molecule has 78 heavy (non-hydrogen) atoms. The Balaban J connectivity index is 0.000000387. The molecule has 0 unspecified atom stereocenters. The Labute approximate surface area is 421 Å². The van der Waals surface area contributed by atoms with Gasteiger partial charge in [-0.25, -0.2) is 0 Å². The van der Waals surface area contributed by atoms with Crippen LogP contribution in [0.5, 0.6) is 0 Å². The van der Waals surface area contributed by atoms with E-state index in [9.17, 15) is 110 Å². The summed E-state index contributed by atoms with van der Waals surface area (Å²) in [6.07, 6.45) is -54.8. The highest BCUT2D eigenvalue weighted by Crippen LogP contribution is 2.41. The van der Waals surface area contributed by atoms with E-state index in [1.54, 1.807) is 0 Å². The first-order valence-corrected chi connectivity index (χ1v) is 21.5. The molecular formula is C50H28BF24NO2. The Bertz CT molecular complexity index is 2890. The molecule has 0 spiro atoms. The van der Waals surface area contributed by atoms with Crippen molar-refractivity contribution in [3.63, 3.8) is 0 Å². The molecule has 0 saturated carbocycles. The lowest BCUT2D eigenvalue weighted by Crippen LogP contribution is -2.75. The Hall–Kier alpha value is -7.42. The van der Waals surface area contributed by atoms with Gasteiger partial charge >= 0.3 is 55.4 Å². The fourth-order valence-corrected chi connectivity index (χ4v) is 8.64. The number of carboxylic acids is 1. The van der Waals surface area contributed by atoms with Crippen LogP contribution < -0.4 is 26.4 Å². The molecule has 1 aromatic heterocycles. The SMILES string of the molecule is FC(F)(F)c1cc([B-](c2cc(C(F)(F)F)cc(C(F)(F)F)c2)(c2cc(C(F)(F)F)cc(C(F)(F)F)c2)c2cc(C(F)(F)F)cc(C(F)(F)F)c2)cc(C(F)(F)F)c1.O=C(O)Cc1ccc2ccccc2[n+]1Cc1ccccc1. The van der Waals surface area contributed by atoms with Crippen molar-refractivity contribution in [2.75, 3.05) is 0 Å². The van der Waals surface area contributed by atoms with E-state index in [0.717, 1.165) is 22.2 Å². The normalized spacial score (nSPS) is 13.3. The summed E-state index contributed by atoms with van der Waals surface area (Å²) in [6, 6.07) is 13.2. The summed E-state index contributed by atoms with van der Waals surface area (Å²) in [6.45, 7) is 0.671. The van der Waals surface area contributed by atoms with Crippen molar-refractivity contribution in [2.24, 2.45) is 0 Å². The molecule has 0 radical (unpaired) electrons. The van der Waals surface area contributed by atoms with Gasteiger partial charge in [0, 0.05) is 23.1 Å². The van der Waals surface area contributed by atoms with Crippen LogP contribution in [-0.2, 0) is 67.2 Å². The summed E-state index contributed by atoms with van der Waals surface area (Å²) in [5.74, 6) is -0.813. The number of rotatable bonds is 8. The summed E-state index contributed by atoms with van der Waals surface area (Å²) in [4.78, 5) is 11.1. The second-order valence-corrected chi connectivity index (χ2v) is 17.2. The van der Waals surface area contributed by atoms with E-state index < -0.39 is 201 Å². The third-order valence-electron chi connectivity index (χ3n) is 12.0. The van der Waals surface area contributed by atoms with Crippen molar-refractivity contribution in [3.8, 4) is 0 Å². The highest BCUT2D eigenvalue weighted by molar-refractivity contribution is 7.20. The van der Waals surface area contributed by atoms with Gasteiger partial charge in [-0.2, -0.15) is 132 Å². The van der Waals surface area contributed by atoms with Gasteiger partial charge in [0.1, 0.15) is 12.6 Å². The number of fused-ring (bicyclic) bond motifs is 1. The Morgan fingerprint density at radius 2 is 0.628 bits per heavy atom. The molecule has 7 aromatic rings. The van der Waals surface area contributed by atoms with Crippen LogP contribution in [0.25, 0.3) is 10.9 Å². The number of aliphatic carboxylic acids is 1. The molecule has 7 rings (SSSR count). The topological polar surface area (TPSA) is 41.2 Å². The molecule has 0 aliphatic heterocycles. The number of benzene rings is 6. The summed E-state index contributed by atoms with van der Waals surface area (Å²) >= 11 is 0. The summed E-state index contributed by atoms with van der Waals surface area (Å²) in [7, 11) is 0. The van der Waals surface area contributed by atoms with Gasteiger partial charge in [-0.15, -0.1) is 0 Å². The zero-order chi connectivity index (χ0) is 58.6. The fraction of sp³-hybridized carbons (Fsp3) is 0.200. The molecule has 416 valence electrons. The van der Waals surface area contributed by atoms with Crippen LogP contribution in [0.4, 0.5) is 105 Å². The lowest BCUT2D eigenvalue weighted by molar-refractivity contribution is -0.669. The largest absolute Gasteiger partial charge is 0.481 e. The number of hydrogen-bond acceptors (Lipinski definition) is 1. The van der Waals surface area contributed by atoms with Crippen molar-refractivity contribution >= 4 is 44.9 Å². The number of pyridine rings is 1. The Morgan fingerprint density at radius 1 is 0.359 bits per heavy atom. The molecule has 0 atom stereocenters. The van der Waals surface area contributed by atoms with Gasteiger partial charge < -0.3 is 5.11 Å². The average molecular weight is 1140 g/mol. The number of para-hydroxylation sites is 1. The van der Waals surface area contributed by atoms with E-state index in [4.69, 9.17) is 5.11 Å². The number of halogens is 24. The molecular weight excluding hydrogens is 1110 g/mol. The molecule has 0 fully saturated rings. The van der Waals surface area contributed by atoms with Gasteiger partial charge in [0.15, 0.2) is 12.2 Å². The predicted molar refractivity (Wildman–Crippen MR) is 231 cm³/mol. The number of aromatic nitrogens is 1. The molecule has 0 aliphatic carbocycles. The van der Waals surface area contributed by atoms with Crippen molar-refractivity contribution < 1.29 is 120 Å². The van der Waals surface area contributed by atoms with E-state index in [0.29, 0.717) is 6.54 Å². The van der Waals surface area contributed by atoms with Gasteiger partial charge in [-0.1, -0.05) is 91.0 Å². The van der Waals surface area contributed by atoms with Crippen LogP contribution in [0.15, 0.2) is 140 Å². The highest BCUT2D eigenvalue weighted by atomic mass is 19.4. The Morgan fingerprint density at radius 3 is 0.897 bits per heavy atom. The van der Waals surface area contributed by atoms with E-state index in [2.05, 4.69) is 16.7 Å². The first-order chi connectivity index (χ1) is 35.5. The quantitative estimate of drug-likeness (QED) is 0.0936. The first-order valence-electron chi connectivity index (χ1n) is 21.5. The van der Waals surface area contributed by atoms with Gasteiger partial charge in [0.2, 0.25) is 5.52 Å². The molecule has 0 bridgehead atoms. The first kappa shape index (κ1) is 59.8. The average Bonchev–Trinajstić information content (AvgIpc) is 3.51. The molecule has 1 heterocycles. The molecule has 0 saturated heterocycles. The second-order valence-electron chi connectivity index (χ2n) is 17.2. The number of alkyl halides is 24. The Kier molecular flexibility index (Phi) is 15.9. The minimum atomic E-state index is -6.13. The fourth-order valence-electron chi connectivity index (χ4n) is 8.64. The number of carbonyl (C=O) groups is 1. The monoisotopic (exact) mass is 1140 g/mol. The number of hydrogen-bond donors (Lipinski definition) is 1. The molecule has 1 N–H and O–H groups in total. The van der Waals surface area contributed by atoms with Crippen LogP contribution in [-0.4, -0.2) is 17.2 Å². The lowest BCUT2D eigenvalue weighted by Gasteiger charge is -2.46. The number of carboxylic acid groups (broad SMARTS) is 1. The van der Waals surface area contributed by atoms with Gasteiger partial charge in [-0.3, -0.25) is 4.79 Å². The summed E-state index contributed by atoms with van der Waals surface area (Å²) in [5.41, 5.74) is -27.2. The lowest BCUT2D eigenvalue weighted by atomic mass is 9.12. The summed E-state index contributed by atoms with van der Waals surface area (Å²) in [5, 5.41) is 10.2. The van der Waals surface area contributed by atoms with Crippen molar-refractivity contribution in [2.45, 2.75) is 62.4 Å². The maximum atomic E-state index is 14.2. The third kappa shape index (κ3) is 13.5. The minimum Gasteiger partial charge on any atom is -0.481 e. The van der Waals surface area contributed by atoms with E-state index in [1.165, 1.54) is 0 Å². The minimum absolute atomic E-state index is 0.0255. The van der Waals surface area contributed by atoms with E-state index in [1.807, 2.05) is 54.6 Å². The molecule has 3 nitrogen and oxygen atoms in total. The zero-order valence-electron chi connectivity index (χ0n) is 38.1. The zero-order valence-corrected chi connectivity index (χ0v) is 38.1. The van der Waals surface area contributed by atoms with Crippen LogP contribution in [0, 0.1) is 0 Å². The maximum Gasteiger partial charge on any atom is 0.416 e. The van der Waals surface area contributed by atoms with Crippen molar-refractivity contribution in [1.82, 2.24) is 0 Å². The van der Waals surface area contributed by atoms with Crippen LogP contribution in [0.2, 0.25) is 0 Å². The molecule has 6 aromatic carbocycles. The third-order valence-corrected chi connectivity index (χ3v) is 12.0. The molecule has 0 aliphatic rings. The van der Waals surface area contributed by atoms with Gasteiger partial charge in [0.25, 0.3) is 0 Å². The van der Waals surface area contributed by atoms with Crippen molar-refractivity contribution in [1.29, 1.82) is 0 Å². The van der Waals surface area contributed by atoms with E-state index in [-0.39, 0.29) is 6.42 Å².